The molecule has 16 heavy (non-hydrogen) atoms. The molecule has 3 rings (SSSR count). The zero-order valence-corrected chi connectivity index (χ0v) is 14.1. The third-order valence-corrected chi connectivity index (χ3v) is 11.4. The summed E-state index contributed by atoms with van der Waals surface area (Å²) < 4.78 is 12.0. The molecule has 4 atom stereocenters. The van der Waals surface area contributed by atoms with E-state index in [1.54, 1.807) is 0 Å². The normalized spacial score (nSPS) is 42.0. The third kappa shape index (κ3) is 4.40. The average Bonchev–Trinajstić information content (AvgIpc) is 3.17. The molecule has 3 aliphatic heterocycles. The van der Waals surface area contributed by atoms with Crippen LogP contribution in [-0.2, 0) is 9.47 Å². The maximum absolute atomic E-state index is 6.00. The molecule has 2 nitrogen and oxygen atoms in total. The summed E-state index contributed by atoms with van der Waals surface area (Å²) in [6.07, 6.45) is 0. The molecule has 0 aromatic carbocycles. The van der Waals surface area contributed by atoms with Gasteiger partial charge in [0.2, 0.25) is 0 Å². The first kappa shape index (κ1) is 12.7. The van der Waals surface area contributed by atoms with Crippen LogP contribution in [0.2, 0.25) is 10.6 Å². The zero-order valence-electron chi connectivity index (χ0n) is 9.00. The fourth-order valence-electron chi connectivity index (χ4n) is 1.44. The Balaban J connectivity index is 1.34. The van der Waals surface area contributed by atoms with E-state index in [1.807, 2.05) is 23.5 Å². The van der Waals surface area contributed by atoms with Crippen LogP contribution < -0.4 is 0 Å². The second kappa shape index (κ2) is 6.20. The molecule has 92 valence electrons. The molecule has 0 aromatic heterocycles. The molecule has 0 radical (unpaired) electrons. The Morgan fingerprint density at radius 2 is 1.44 bits per heavy atom. The predicted octanol–water partition coefficient (Wildman–Crippen LogP) is 1.16. The third-order valence-electron chi connectivity index (χ3n) is 2.55. The Hall–Kier alpha value is 1.66. The van der Waals surface area contributed by atoms with Gasteiger partial charge in [0.15, 0.2) is 0 Å². The van der Waals surface area contributed by atoms with Crippen molar-refractivity contribution in [1.82, 2.24) is 0 Å². The molecular weight excluding hydrogens is 374 g/mol. The van der Waals surface area contributed by atoms with Crippen molar-refractivity contribution in [1.29, 1.82) is 0 Å². The zero-order chi connectivity index (χ0) is 10.8. The molecule has 0 saturated carbocycles. The van der Waals surface area contributed by atoms with Gasteiger partial charge in [-0.25, -0.2) is 0 Å². The van der Waals surface area contributed by atoms with Gasteiger partial charge in [0.25, 0.3) is 0 Å². The number of thioether (sulfide) groups is 2. The van der Waals surface area contributed by atoms with Gasteiger partial charge in [-0.3, -0.25) is 0 Å². The minimum atomic E-state index is 0.569. The summed E-state index contributed by atoms with van der Waals surface area (Å²) in [5.74, 6) is 2.65. The first-order valence-corrected chi connectivity index (χ1v) is 12.1. The Bertz CT molecular complexity index is 215. The van der Waals surface area contributed by atoms with Crippen LogP contribution in [0.25, 0.3) is 0 Å². The van der Waals surface area contributed by atoms with Crippen molar-refractivity contribution in [3.63, 3.8) is 0 Å². The second-order valence-electron chi connectivity index (χ2n) is 4.11. The van der Waals surface area contributed by atoms with Crippen molar-refractivity contribution in [2.75, 3.05) is 24.7 Å². The van der Waals surface area contributed by atoms with Gasteiger partial charge < -0.3 is 0 Å². The van der Waals surface area contributed by atoms with Gasteiger partial charge in [-0.1, -0.05) is 0 Å². The molecule has 3 saturated heterocycles. The summed E-state index contributed by atoms with van der Waals surface area (Å²) in [4.78, 5) is 0. The first-order valence-electron chi connectivity index (χ1n) is 5.60. The quantitative estimate of drug-likeness (QED) is 0.501. The maximum atomic E-state index is 6.00. The Kier molecular flexibility index (Phi) is 4.92. The van der Waals surface area contributed by atoms with E-state index in [2.05, 4.69) is 0 Å². The van der Waals surface area contributed by atoms with Crippen molar-refractivity contribution in [3.8, 4) is 0 Å². The summed E-state index contributed by atoms with van der Waals surface area (Å²) in [5.41, 5.74) is 0. The van der Waals surface area contributed by atoms with Gasteiger partial charge in [-0.15, -0.1) is 0 Å². The second-order valence-corrected chi connectivity index (χ2v) is 11.8. The van der Waals surface area contributed by atoms with Crippen molar-refractivity contribution in [2.24, 2.45) is 0 Å². The van der Waals surface area contributed by atoms with E-state index >= 15 is 0 Å². The molecule has 0 spiro atoms. The summed E-state index contributed by atoms with van der Waals surface area (Å²) in [7, 11) is 0. The van der Waals surface area contributed by atoms with E-state index < -0.39 is 0 Å². The Labute approximate surface area is 118 Å². The van der Waals surface area contributed by atoms with Crippen LogP contribution in [0.1, 0.15) is 0 Å². The van der Waals surface area contributed by atoms with Gasteiger partial charge in [0, 0.05) is 0 Å². The van der Waals surface area contributed by atoms with Crippen LogP contribution in [0.4, 0.5) is 0 Å². The number of hydrogen-bond acceptors (Lipinski definition) is 4. The van der Waals surface area contributed by atoms with Crippen LogP contribution >= 0.6 is 23.5 Å². The molecule has 0 N–H and O–H groups in total. The van der Waals surface area contributed by atoms with E-state index in [-0.39, 0.29) is 0 Å². The van der Waals surface area contributed by atoms with E-state index in [0.717, 1.165) is 38.7 Å². The molecule has 3 fully saturated rings. The van der Waals surface area contributed by atoms with Gasteiger partial charge in [-0.2, -0.15) is 0 Å². The van der Waals surface area contributed by atoms with E-state index in [4.69, 9.17) is 9.47 Å². The fraction of sp³-hybridized carbons (Fsp3) is 1.00. The van der Waals surface area contributed by atoms with E-state index in [0.29, 0.717) is 25.0 Å². The molecule has 3 aliphatic rings. The molecule has 6 heteroatoms. The first-order chi connectivity index (χ1) is 7.90. The summed E-state index contributed by atoms with van der Waals surface area (Å²) in [5, 5.41) is 5.46. The van der Waals surface area contributed by atoms with Gasteiger partial charge in [0.1, 0.15) is 0 Å². The standard InChI is InChI=1S/C10H16O2S2Se2/c1(7-3-13-7)11-9-5-15-6-10(16-9)12-2-8-4-14-8/h7-10H,1-6H2. The average molecular weight is 390 g/mol. The van der Waals surface area contributed by atoms with Gasteiger partial charge >= 0.3 is 119 Å². The summed E-state index contributed by atoms with van der Waals surface area (Å²) >= 11 is 5.40. The van der Waals surface area contributed by atoms with Crippen molar-refractivity contribution >= 4 is 53.4 Å². The molecular formula is C10H16O2S2Se2. The van der Waals surface area contributed by atoms with Gasteiger partial charge in [0.05, 0.1) is 0 Å². The predicted molar refractivity (Wildman–Crippen MR) is 73.1 cm³/mol. The fourth-order valence-corrected chi connectivity index (χ4v) is 9.26. The molecule has 4 unspecified atom stereocenters. The van der Waals surface area contributed by atoms with Crippen molar-refractivity contribution in [2.45, 2.75) is 31.1 Å². The summed E-state index contributed by atoms with van der Waals surface area (Å²) in [6, 6.07) is 0. The van der Waals surface area contributed by atoms with Crippen LogP contribution in [0.5, 0.6) is 0 Å². The molecule has 0 amide bonds. The van der Waals surface area contributed by atoms with Crippen LogP contribution in [-0.4, -0.2) is 75.1 Å². The van der Waals surface area contributed by atoms with Crippen LogP contribution in [0.3, 0.4) is 0 Å². The van der Waals surface area contributed by atoms with Crippen LogP contribution in [0.15, 0.2) is 0 Å². The minimum absolute atomic E-state index is 0.569. The molecule has 0 aromatic rings. The molecule has 3 heterocycles. The van der Waals surface area contributed by atoms with Crippen LogP contribution in [0, 0.1) is 0 Å². The Morgan fingerprint density at radius 3 is 1.88 bits per heavy atom. The topological polar surface area (TPSA) is 18.5 Å². The van der Waals surface area contributed by atoms with Crippen molar-refractivity contribution in [3.05, 3.63) is 0 Å². The monoisotopic (exact) mass is 392 g/mol. The van der Waals surface area contributed by atoms with E-state index in [1.165, 1.54) is 22.1 Å². The number of hydrogen-bond donors (Lipinski definition) is 0. The number of rotatable bonds is 6. The SMILES string of the molecule is C(OC1C[Se]CC(OCC2CS2)[Se]1)C1CS1. The van der Waals surface area contributed by atoms with Gasteiger partial charge in [-0.05, 0) is 0 Å². The van der Waals surface area contributed by atoms with Crippen molar-refractivity contribution < 1.29 is 9.47 Å². The number of ether oxygens (including phenoxy) is 2. The summed E-state index contributed by atoms with van der Waals surface area (Å²) in [6.45, 7) is 2.00. The Morgan fingerprint density at radius 1 is 0.938 bits per heavy atom. The van der Waals surface area contributed by atoms with E-state index in [9.17, 15) is 0 Å². The molecule has 0 aliphatic carbocycles. The molecule has 0 bridgehead atoms.